The maximum atomic E-state index is 12.6. The van der Waals surface area contributed by atoms with Crippen LogP contribution in [0.15, 0.2) is 30.3 Å². The average molecular weight is 345 g/mol. The Labute approximate surface area is 143 Å². The molecule has 0 atom stereocenters. The van der Waals surface area contributed by atoms with Gasteiger partial charge in [0.2, 0.25) is 0 Å². The number of amides is 1. The van der Waals surface area contributed by atoms with Crippen LogP contribution in [0.25, 0.3) is 19.5 Å². The summed E-state index contributed by atoms with van der Waals surface area (Å²) in [7, 11) is 0. The molecule has 4 rings (SSSR count). The largest absolute Gasteiger partial charge is 0.349 e. The van der Waals surface area contributed by atoms with Gasteiger partial charge in [0.1, 0.15) is 0 Å². The summed E-state index contributed by atoms with van der Waals surface area (Å²) in [5.74, 6) is 0.0948. The number of rotatable bonds is 3. The van der Waals surface area contributed by atoms with Crippen LogP contribution in [0.1, 0.15) is 29.4 Å². The van der Waals surface area contributed by atoms with E-state index in [0.717, 1.165) is 37.4 Å². The molecule has 5 heteroatoms. The molecule has 1 saturated heterocycles. The first-order chi connectivity index (χ1) is 11.2. The molecular weight excluding hydrogens is 324 g/mol. The summed E-state index contributed by atoms with van der Waals surface area (Å²) in [6, 6.07) is 10.8. The summed E-state index contributed by atoms with van der Waals surface area (Å²) < 4.78 is 3.77. The normalized spacial score (nSPS) is 17.1. The number of nitrogens with one attached hydrogen (secondary N) is 1. The fourth-order valence-corrected chi connectivity index (χ4v) is 5.69. The fraction of sp³-hybridized carbons (Fsp3) is 0.389. The lowest BCUT2D eigenvalue weighted by Gasteiger charge is -2.31. The highest BCUT2D eigenvalue weighted by molar-refractivity contribution is 7.33. The van der Waals surface area contributed by atoms with Gasteiger partial charge in [-0.15, -0.1) is 22.7 Å². The van der Waals surface area contributed by atoms with E-state index in [9.17, 15) is 4.79 Å². The van der Waals surface area contributed by atoms with E-state index < -0.39 is 0 Å². The van der Waals surface area contributed by atoms with Crippen molar-refractivity contribution in [2.45, 2.75) is 25.8 Å². The predicted octanol–water partition coefficient (Wildman–Crippen LogP) is 4.33. The van der Waals surface area contributed by atoms with Crippen molar-refractivity contribution in [1.29, 1.82) is 0 Å². The van der Waals surface area contributed by atoms with E-state index in [1.54, 1.807) is 22.7 Å². The first-order valence-electron chi connectivity index (χ1n) is 8.19. The SMILES string of the molecule is CCN1CCC(NC(=O)c2cc3sc4ccccc4c3s2)CC1. The lowest BCUT2D eigenvalue weighted by molar-refractivity contribution is 0.0917. The van der Waals surface area contributed by atoms with Crippen molar-refractivity contribution in [1.82, 2.24) is 10.2 Å². The van der Waals surface area contributed by atoms with Crippen molar-refractivity contribution in [3.8, 4) is 0 Å². The Morgan fingerprint density at radius 3 is 2.78 bits per heavy atom. The average Bonchev–Trinajstić information content (AvgIpc) is 3.13. The monoisotopic (exact) mass is 344 g/mol. The van der Waals surface area contributed by atoms with Gasteiger partial charge >= 0.3 is 0 Å². The zero-order valence-electron chi connectivity index (χ0n) is 13.2. The number of benzene rings is 1. The summed E-state index contributed by atoms with van der Waals surface area (Å²) in [5.41, 5.74) is 0. The summed E-state index contributed by atoms with van der Waals surface area (Å²) in [6.07, 6.45) is 2.12. The number of hydrogen-bond donors (Lipinski definition) is 1. The molecule has 1 aliphatic heterocycles. The summed E-state index contributed by atoms with van der Waals surface area (Å²) >= 11 is 3.40. The molecular formula is C18H20N2OS2. The summed E-state index contributed by atoms with van der Waals surface area (Å²) in [4.78, 5) is 15.8. The number of nitrogens with zero attached hydrogens (tertiary/aromatic N) is 1. The third kappa shape index (κ3) is 2.89. The van der Waals surface area contributed by atoms with Crippen LogP contribution in [0.3, 0.4) is 0 Å². The molecule has 0 bridgehead atoms. The minimum Gasteiger partial charge on any atom is -0.349 e. The Bertz CT molecular complexity index is 843. The minimum atomic E-state index is 0.0948. The molecule has 3 nitrogen and oxygen atoms in total. The second-order valence-corrected chi connectivity index (χ2v) is 8.22. The van der Waals surface area contributed by atoms with E-state index in [2.05, 4.69) is 47.5 Å². The van der Waals surface area contributed by atoms with Crippen LogP contribution in [0.5, 0.6) is 0 Å². The van der Waals surface area contributed by atoms with Gasteiger partial charge in [0.25, 0.3) is 5.91 Å². The molecule has 2 aromatic heterocycles. The van der Waals surface area contributed by atoms with Gasteiger partial charge in [0.05, 0.1) is 9.58 Å². The first kappa shape index (κ1) is 15.1. The second kappa shape index (κ2) is 6.23. The van der Waals surface area contributed by atoms with Crippen LogP contribution in [0, 0.1) is 0 Å². The lowest BCUT2D eigenvalue weighted by Crippen LogP contribution is -2.44. The molecule has 3 heterocycles. The summed E-state index contributed by atoms with van der Waals surface area (Å²) in [6.45, 7) is 5.48. The molecule has 0 radical (unpaired) electrons. The zero-order valence-corrected chi connectivity index (χ0v) is 14.8. The van der Waals surface area contributed by atoms with Crippen LogP contribution >= 0.6 is 22.7 Å². The first-order valence-corrected chi connectivity index (χ1v) is 9.82. The van der Waals surface area contributed by atoms with Gasteiger partial charge < -0.3 is 10.2 Å². The molecule has 0 aliphatic carbocycles. The molecule has 0 saturated carbocycles. The van der Waals surface area contributed by atoms with Gasteiger partial charge in [-0.05, 0) is 31.5 Å². The van der Waals surface area contributed by atoms with E-state index in [0.29, 0.717) is 6.04 Å². The van der Waals surface area contributed by atoms with E-state index in [4.69, 9.17) is 0 Å². The van der Waals surface area contributed by atoms with Crippen molar-refractivity contribution < 1.29 is 4.79 Å². The van der Waals surface area contributed by atoms with E-state index >= 15 is 0 Å². The molecule has 1 aliphatic rings. The molecule has 1 N–H and O–H groups in total. The number of carbonyl (C=O) groups is 1. The Morgan fingerprint density at radius 2 is 2.00 bits per heavy atom. The Hall–Kier alpha value is -1.43. The highest BCUT2D eigenvalue weighted by Crippen LogP contribution is 2.39. The van der Waals surface area contributed by atoms with Gasteiger partial charge in [-0.2, -0.15) is 0 Å². The predicted molar refractivity (Wildman–Crippen MR) is 99.8 cm³/mol. The van der Waals surface area contributed by atoms with Crippen molar-refractivity contribution in [2.75, 3.05) is 19.6 Å². The fourth-order valence-electron chi connectivity index (χ4n) is 3.26. The molecule has 23 heavy (non-hydrogen) atoms. The molecule has 1 aromatic carbocycles. The highest BCUT2D eigenvalue weighted by Gasteiger charge is 2.21. The van der Waals surface area contributed by atoms with Gasteiger partial charge in [0, 0.05) is 33.9 Å². The van der Waals surface area contributed by atoms with E-state index in [1.165, 1.54) is 19.5 Å². The Kier molecular flexibility index (Phi) is 4.09. The third-order valence-electron chi connectivity index (χ3n) is 4.64. The van der Waals surface area contributed by atoms with Crippen molar-refractivity contribution in [3.63, 3.8) is 0 Å². The zero-order chi connectivity index (χ0) is 15.8. The Morgan fingerprint density at radius 1 is 1.22 bits per heavy atom. The number of likely N-dealkylation sites (tertiary alicyclic amines) is 1. The van der Waals surface area contributed by atoms with Crippen LogP contribution in [-0.4, -0.2) is 36.5 Å². The number of piperidine rings is 1. The van der Waals surface area contributed by atoms with Gasteiger partial charge in [-0.3, -0.25) is 4.79 Å². The molecule has 1 amide bonds. The number of carbonyl (C=O) groups excluding carboxylic acids is 1. The van der Waals surface area contributed by atoms with Crippen LogP contribution in [0.4, 0.5) is 0 Å². The van der Waals surface area contributed by atoms with Crippen LogP contribution < -0.4 is 5.32 Å². The third-order valence-corrected chi connectivity index (χ3v) is 7.06. The molecule has 3 aromatic rings. The summed E-state index contributed by atoms with van der Waals surface area (Å²) in [5, 5.41) is 4.50. The molecule has 120 valence electrons. The van der Waals surface area contributed by atoms with E-state index in [1.807, 2.05) is 0 Å². The van der Waals surface area contributed by atoms with Crippen LogP contribution in [-0.2, 0) is 0 Å². The van der Waals surface area contributed by atoms with Gasteiger partial charge in [-0.25, -0.2) is 0 Å². The quantitative estimate of drug-likeness (QED) is 0.767. The van der Waals surface area contributed by atoms with Crippen molar-refractivity contribution in [3.05, 3.63) is 35.2 Å². The number of thiophene rings is 2. The molecule has 1 fully saturated rings. The maximum Gasteiger partial charge on any atom is 0.261 e. The van der Waals surface area contributed by atoms with E-state index in [-0.39, 0.29) is 5.91 Å². The second-order valence-electron chi connectivity index (χ2n) is 6.08. The lowest BCUT2D eigenvalue weighted by atomic mass is 10.1. The number of fused-ring (bicyclic) bond motifs is 3. The Balaban J connectivity index is 1.51. The molecule has 0 unspecified atom stereocenters. The van der Waals surface area contributed by atoms with Crippen molar-refractivity contribution in [2.24, 2.45) is 0 Å². The number of hydrogen-bond acceptors (Lipinski definition) is 4. The smallest absolute Gasteiger partial charge is 0.261 e. The topological polar surface area (TPSA) is 32.3 Å². The molecule has 0 spiro atoms. The van der Waals surface area contributed by atoms with Gasteiger partial charge in [-0.1, -0.05) is 25.1 Å². The van der Waals surface area contributed by atoms with Crippen LogP contribution in [0.2, 0.25) is 0 Å². The maximum absolute atomic E-state index is 12.6. The highest BCUT2D eigenvalue weighted by atomic mass is 32.1. The standard InChI is InChI=1S/C18H20N2OS2/c1-2-20-9-7-12(8-10-20)19-18(21)16-11-15-17(23-16)13-5-3-4-6-14(13)22-15/h3-6,11-12H,2,7-10H2,1H3,(H,19,21). The minimum absolute atomic E-state index is 0.0948. The van der Waals surface area contributed by atoms with Gasteiger partial charge in [0.15, 0.2) is 0 Å². The van der Waals surface area contributed by atoms with Crippen molar-refractivity contribution >= 4 is 48.1 Å².